The fourth-order valence-corrected chi connectivity index (χ4v) is 2.06. The number of ether oxygens (including phenoxy) is 1. The molecule has 1 aromatic heterocycles. The SMILES string of the molecule is CCNc1ncc(Br)c(Oc2cc(Br)cc(F)c2F)n1. The maximum absolute atomic E-state index is 13.7. The smallest absolute Gasteiger partial charge is 0.238 e. The maximum atomic E-state index is 13.7. The molecular formula is C12H9Br2F2N3O. The van der Waals surface area contributed by atoms with Gasteiger partial charge in [-0.15, -0.1) is 0 Å². The molecule has 0 unspecified atom stereocenters. The van der Waals surface area contributed by atoms with Crippen molar-refractivity contribution in [1.29, 1.82) is 0 Å². The van der Waals surface area contributed by atoms with Crippen LogP contribution in [-0.2, 0) is 0 Å². The first-order valence-corrected chi connectivity index (χ1v) is 7.18. The molecule has 0 radical (unpaired) electrons. The van der Waals surface area contributed by atoms with Crippen LogP contribution in [0, 0.1) is 11.6 Å². The second-order valence-corrected chi connectivity index (χ2v) is 5.45. The Labute approximate surface area is 130 Å². The molecular weight excluding hydrogens is 400 g/mol. The van der Waals surface area contributed by atoms with Crippen molar-refractivity contribution in [3.8, 4) is 11.6 Å². The molecule has 2 rings (SSSR count). The number of halogens is 4. The van der Waals surface area contributed by atoms with E-state index >= 15 is 0 Å². The molecule has 0 aliphatic carbocycles. The van der Waals surface area contributed by atoms with Crippen molar-refractivity contribution in [2.24, 2.45) is 0 Å². The lowest BCUT2D eigenvalue weighted by Crippen LogP contribution is -2.03. The zero-order valence-corrected chi connectivity index (χ0v) is 13.4. The number of anilines is 1. The van der Waals surface area contributed by atoms with Crippen LogP contribution in [-0.4, -0.2) is 16.5 Å². The van der Waals surface area contributed by atoms with Crippen LogP contribution in [0.1, 0.15) is 6.92 Å². The highest BCUT2D eigenvalue weighted by molar-refractivity contribution is 9.10. The van der Waals surface area contributed by atoms with Gasteiger partial charge in [-0.2, -0.15) is 9.37 Å². The Morgan fingerprint density at radius 1 is 1.30 bits per heavy atom. The van der Waals surface area contributed by atoms with Gasteiger partial charge in [0.05, 0.1) is 10.7 Å². The number of hydrogen-bond donors (Lipinski definition) is 1. The fraction of sp³-hybridized carbons (Fsp3) is 0.167. The molecule has 0 aliphatic heterocycles. The Hall–Kier alpha value is -1.28. The van der Waals surface area contributed by atoms with Crippen LogP contribution in [0.2, 0.25) is 0 Å². The van der Waals surface area contributed by atoms with Crippen LogP contribution < -0.4 is 10.1 Å². The van der Waals surface area contributed by atoms with Crippen molar-refractivity contribution in [2.75, 3.05) is 11.9 Å². The summed E-state index contributed by atoms with van der Waals surface area (Å²) in [6, 6.07) is 2.33. The molecule has 20 heavy (non-hydrogen) atoms. The molecule has 4 nitrogen and oxygen atoms in total. The highest BCUT2D eigenvalue weighted by Gasteiger charge is 2.15. The summed E-state index contributed by atoms with van der Waals surface area (Å²) in [6.45, 7) is 2.51. The van der Waals surface area contributed by atoms with E-state index in [9.17, 15) is 8.78 Å². The lowest BCUT2D eigenvalue weighted by Gasteiger charge is -2.10. The van der Waals surface area contributed by atoms with Crippen LogP contribution >= 0.6 is 31.9 Å². The Bertz CT molecular complexity index is 640. The summed E-state index contributed by atoms with van der Waals surface area (Å²) in [4.78, 5) is 8.06. The van der Waals surface area contributed by atoms with Gasteiger partial charge in [0.25, 0.3) is 0 Å². The quantitative estimate of drug-likeness (QED) is 0.756. The average molecular weight is 409 g/mol. The lowest BCUT2D eigenvalue weighted by atomic mass is 10.3. The van der Waals surface area contributed by atoms with Gasteiger partial charge in [0.1, 0.15) is 0 Å². The van der Waals surface area contributed by atoms with E-state index in [1.807, 2.05) is 6.92 Å². The molecule has 0 bridgehead atoms. The molecule has 0 spiro atoms. The van der Waals surface area contributed by atoms with Crippen LogP contribution in [0.3, 0.4) is 0 Å². The first-order valence-electron chi connectivity index (χ1n) is 5.60. The third-order valence-electron chi connectivity index (χ3n) is 2.21. The van der Waals surface area contributed by atoms with Crippen molar-refractivity contribution in [2.45, 2.75) is 6.92 Å². The van der Waals surface area contributed by atoms with Crippen molar-refractivity contribution in [1.82, 2.24) is 9.97 Å². The van der Waals surface area contributed by atoms with Gasteiger partial charge < -0.3 is 10.1 Å². The molecule has 0 aliphatic rings. The molecule has 0 fully saturated rings. The molecule has 1 N–H and O–H groups in total. The fourth-order valence-electron chi connectivity index (χ4n) is 1.38. The van der Waals surface area contributed by atoms with Gasteiger partial charge >= 0.3 is 0 Å². The van der Waals surface area contributed by atoms with Gasteiger partial charge in [0.2, 0.25) is 17.6 Å². The number of hydrogen-bond acceptors (Lipinski definition) is 4. The standard InChI is InChI=1S/C12H9Br2F2N3O/c1-2-17-12-18-5-7(14)11(19-12)20-9-4-6(13)3-8(15)10(9)16/h3-5H,2H2,1H3,(H,17,18,19). The molecule has 0 amide bonds. The predicted octanol–water partition coefficient (Wildman–Crippen LogP) is 4.50. The Balaban J connectivity index is 2.36. The van der Waals surface area contributed by atoms with Gasteiger partial charge in [-0.1, -0.05) is 15.9 Å². The minimum atomic E-state index is -1.08. The van der Waals surface area contributed by atoms with E-state index in [1.54, 1.807) is 0 Å². The van der Waals surface area contributed by atoms with E-state index in [0.29, 0.717) is 21.4 Å². The number of nitrogens with one attached hydrogen (secondary N) is 1. The normalized spacial score (nSPS) is 10.4. The minimum Gasteiger partial charge on any atom is -0.434 e. The third kappa shape index (κ3) is 3.43. The highest BCUT2D eigenvalue weighted by atomic mass is 79.9. The zero-order valence-electron chi connectivity index (χ0n) is 10.3. The summed E-state index contributed by atoms with van der Waals surface area (Å²) >= 11 is 6.27. The van der Waals surface area contributed by atoms with E-state index in [0.717, 1.165) is 6.07 Å². The average Bonchev–Trinajstić information content (AvgIpc) is 2.39. The minimum absolute atomic E-state index is 0.0901. The van der Waals surface area contributed by atoms with E-state index < -0.39 is 11.6 Å². The number of nitrogens with zero attached hydrogens (tertiary/aromatic N) is 2. The van der Waals surface area contributed by atoms with E-state index in [1.165, 1.54) is 12.3 Å². The second kappa shape index (κ2) is 6.45. The Morgan fingerprint density at radius 2 is 2.05 bits per heavy atom. The van der Waals surface area contributed by atoms with E-state index in [-0.39, 0.29) is 11.6 Å². The van der Waals surface area contributed by atoms with E-state index in [4.69, 9.17) is 4.74 Å². The molecule has 2 aromatic rings. The Morgan fingerprint density at radius 3 is 2.75 bits per heavy atom. The molecule has 8 heteroatoms. The van der Waals surface area contributed by atoms with Crippen molar-refractivity contribution in [3.63, 3.8) is 0 Å². The monoisotopic (exact) mass is 407 g/mol. The van der Waals surface area contributed by atoms with Crippen LogP contribution in [0.4, 0.5) is 14.7 Å². The summed E-state index contributed by atoms with van der Waals surface area (Å²) in [7, 11) is 0. The number of aromatic nitrogens is 2. The van der Waals surface area contributed by atoms with Crippen molar-refractivity contribution in [3.05, 3.63) is 38.9 Å². The lowest BCUT2D eigenvalue weighted by molar-refractivity contribution is 0.402. The van der Waals surface area contributed by atoms with Gasteiger partial charge in [-0.25, -0.2) is 9.37 Å². The second-order valence-electron chi connectivity index (χ2n) is 3.68. The van der Waals surface area contributed by atoms with Crippen molar-refractivity contribution >= 4 is 37.8 Å². The first kappa shape index (κ1) is 15.1. The van der Waals surface area contributed by atoms with Gasteiger partial charge in [0.15, 0.2) is 11.6 Å². The zero-order chi connectivity index (χ0) is 14.7. The van der Waals surface area contributed by atoms with Crippen LogP contribution in [0.5, 0.6) is 11.6 Å². The molecule has 106 valence electrons. The summed E-state index contributed by atoms with van der Waals surface area (Å²) < 4.78 is 33.1. The third-order valence-corrected chi connectivity index (χ3v) is 3.21. The summed E-state index contributed by atoms with van der Waals surface area (Å²) in [5, 5.41) is 2.90. The van der Waals surface area contributed by atoms with Gasteiger partial charge in [0, 0.05) is 11.0 Å². The summed E-state index contributed by atoms with van der Waals surface area (Å²) in [6.07, 6.45) is 1.46. The first-order chi connectivity index (χ1) is 9.51. The number of benzene rings is 1. The number of rotatable bonds is 4. The molecule has 0 atom stereocenters. The largest absolute Gasteiger partial charge is 0.434 e. The molecule has 0 saturated heterocycles. The van der Waals surface area contributed by atoms with Crippen LogP contribution in [0.15, 0.2) is 27.3 Å². The topological polar surface area (TPSA) is 47.0 Å². The van der Waals surface area contributed by atoms with Gasteiger partial charge in [-0.3, -0.25) is 0 Å². The molecule has 0 saturated carbocycles. The maximum Gasteiger partial charge on any atom is 0.238 e. The highest BCUT2D eigenvalue weighted by Crippen LogP contribution is 2.32. The summed E-state index contributed by atoms with van der Waals surface area (Å²) in [5.74, 6) is -1.93. The van der Waals surface area contributed by atoms with Crippen molar-refractivity contribution < 1.29 is 13.5 Å². The Kier molecular flexibility index (Phi) is 4.87. The molecule has 1 aromatic carbocycles. The van der Waals surface area contributed by atoms with Crippen LogP contribution in [0.25, 0.3) is 0 Å². The summed E-state index contributed by atoms with van der Waals surface area (Å²) in [5.41, 5.74) is 0. The predicted molar refractivity (Wildman–Crippen MR) is 78.0 cm³/mol. The van der Waals surface area contributed by atoms with Gasteiger partial charge in [-0.05, 0) is 35.0 Å². The molecule has 1 heterocycles. The van der Waals surface area contributed by atoms with E-state index in [2.05, 4.69) is 47.1 Å².